The van der Waals surface area contributed by atoms with Gasteiger partial charge in [-0.15, -0.1) is 0 Å². The number of hydrogen-bond donors (Lipinski definition) is 1. The Morgan fingerprint density at radius 3 is 2.14 bits per heavy atom. The summed E-state index contributed by atoms with van der Waals surface area (Å²) in [6, 6.07) is 22.1. The van der Waals surface area contributed by atoms with E-state index in [0.717, 1.165) is 0 Å². The number of ether oxygens (including phenoxy) is 1. The van der Waals surface area contributed by atoms with Crippen LogP contribution >= 0.6 is 0 Å². The number of esters is 1. The fourth-order valence-electron chi connectivity index (χ4n) is 2.77. The predicted molar refractivity (Wildman–Crippen MR) is 106 cm³/mol. The number of nitrogens with zero attached hydrogens (tertiary/aromatic N) is 1. The van der Waals surface area contributed by atoms with Crippen LogP contribution in [0.2, 0.25) is 0 Å². The molecule has 0 radical (unpaired) electrons. The Bertz CT molecular complexity index is 1010. The number of carbonyl (C=O) groups excluding carboxylic acids is 2. The number of benzene rings is 3. The highest BCUT2D eigenvalue weighted by Gasteiger charge is 2.25. The molecule has 1 N–H and O–H groups in total. The molecule has 0 aliphatic rings. The normalized spacial score (nSPS) is 11.3. The van der Waals surface area contributed by atoms with E-state index in [1.54, 1.807) is 66.7 Å². The van der Waals surface area contributed by atoms with Crippen LogP contribution in [-0.2, 0) is 16.1 Å². The van der Waals surface area contributed by atoms with Gasteiger partial charge in [-0.3, -0.25) is 14.9 Å². The molecule has 0 fully saturated rings. The van der Waals surface area contributed by atoms with Crippen molar-refractivity contribution < 1.29 is 19.2 Å². The Hall–Kier alpha value is -4.00. The maximum atomic E-state index is 12.8. The fourth-order valence-corrected chi connectivity index (χ4v) is 2.77. The summed E-state index contributed by atoms with van der Waals surface area (Å²) < 4.78 is 5.31. The molecule has 0 aliphatic carbocycles. The Morgan fingerprint density at radius 1 is 0.897 bits per heavy atom. The van der Waals surface area contributed by atoms with E-state index in [2.05, 4.69) is 5.32 Å². The third-order valence-corrected chi connectivity index (χ3v) is 4.24. The first-order valence-corrected chi connectivity index (χ1v) is 8.86. The molecule has 146 valence electrons. The van der Waals surface area contributed by atoms with Gasteiger partial charge in [0.2, 0.25) is 0 Å². The van der Waals surface area contributed by atoms with Crippen LogP contribution in [-0.4, -0.2) is 16.8 Å². The van der Waals surface area contributed by atoms with Crippen molar-refractivity contribution >= 4 is 17.6 Å². The number of nitrogens with one attached hydrogen (secondary N) is 1. The average molecular weight is 390 g/mol. The number of hydrogen-bond acceptors (Lipinski definition) is 5. The van der Waals surface area contributed by atoms with Gasteiger partial charge in [0.25, 0.3) is 11.6 Å². The molecule has 3 rings (SSSR count). The summed E-state index contributed by atoms with van der Waals surface area (Å²) in [7, 11) is 0. The van der Waals surface area contributed by atoms with Gasteiger partial charge in [-0.2, -0.15) is 0 Å². The van der Waals surface area contributed by atoms with Crippen molar-refractivity contribution in [3.63, 3.8) is 0 Å². The van der Waals surface area contributed by atoms with Crippen molar-refractivity contribution in [1.82, 2.24) is 5.32 Å². The average Bonchev–Trinajstić information content (AvgIpc) is 2.77. The smallest absolute Gasteiger partial charge is 0.333 e. The van der Waals surface area contributed by atoms with Gasteiger partial charge in [0, 0.05) is 11.6 Å². The molecule has 1 atom stereocenters. The summed E-state index contributed by atoms with van der Waals surface area (Å²) in [6.07, 6.45) is 0. The lowest BCUT2D eigenvalue weighted by Crippen LogP contribution is -2.34. The molecule has 7 nitrogen and oxygen atoms in total. The number of carbonyl (C=O) groups is 2. The second-order valence-electron chi connectivity index (χ2n) is 6.18. The van der Waals surface area contributed by atoms with Crippen LogP contribution in [0.15, 0.2) is 84.9 Å². The lowest BCUT2D eigenvalue weighted by atomic mass is 10.1. The van der Waals surface area contributed by atoms with E-state index < -0.39 is 22.8 Å². The SMILES string of the molecule is O=C(NC(C(=O)OCc1ccccc1[N+](=O)[O-])c1ccccc1)c1ccccc1. The van der Waals surface area contributed by atoms with Gasteiger partial charge in [-0.25, -0.2) is 4.79 Å². The highest BCUT2D eigenvalue weighted by molar-refractivity contribution is 5.97. The van der Waals surface area contributed by atoms with Crippen molar-refractivity contribution in [3.05, 3.63) is 112 Å². The van der Waals surface area contributed by atoms with Crippen molar-refractivity contribution in [2.24, 2.45) is 0 Å². The first-order chi connectivity index (χ1) is 14.1. The zero-order valence-electron chi connectivity index (χ0n) is 15.4. The van der Waals surface area contributed by atoms with Gasteiger partial charge in [0.1, 0.15) is 6.61 Å². The molecule has 7 heteroatoms. The van der Waals surface area contributed by atoms with Crippen LogP contribution in [0.1, 0.15) is 27.5 Å². The van der Waals surface area contributed by atoms with E-state index in [1.807, 2.05) is 0 Å². The molecule has 1 amide bonds. The van der Waals surface area contributed by atoms with Crippen molar-refractivity contribution in [3.8, 4) is 0 Å². The van der Waals surface area contributed by atoms with Gasteiger partial charge in [0.05, 0.1) is 10.5 Å². The van der Waals surface area contributed by atoms with Gasteiger partial charge in [-0.1, -0.05) is 60.7 Å². The van der Waals surface area contributed by atoms with Crippen molar-refractivity contribution in [2.75, 3.05) is 0 Å². The third-order valence-electron chi connectivity index (χ3n) is 4.24. The molecule has 0 spiro atoms. The van der Waals surface area contributed by atoms with Gasteiger partial charge in [-0.05, 0) is 23.8 Å². The minimum Gasteiger partial charge on any atom is -0.459 e. The summed E-state index contributed by atoms with van der Waals surface area (Å²) in [5.41, 5.74) is 1.08. The van der Waals surface area contributed by atoms with Gasteiger partial charge < -0.3 is 10.1 Å². The maximum Gasteiger partial charge on any atom is 0.333 e. The van der Waals surface area contributed by atoms with Crippen LogP contribution in [0.4, 0.5) is 5.69 Å². The zero-order valence-corrected chi connectivity index (χ0v) is 15.4. The molecule has 0 saturated heterocycles. The minimum absolute atomic E-state index is 0.134. The Kier molecular flexibility index (Phi) is 6.32. The number of nitro groups is 1. The minimum atomic E-state index is -1.05. The van der Waals surface area contributed by atoms with Gasteiger partial charge >= 0.3 is 5.97 Å². The third kappa shape index (κ3) is 5.04. The molecule has 0 aliphatic heterocycles. The highest BCUT2D eigenvalue weighted by atomic mass is 16.6. The Morgan fingerprint density at radius 2 is 1.48 bits per heavy atom. The molecule has 3 aromatic rings. The molecule has 0 saturated carbocycles. The molecule has 29 heavy (non-hydrogen) atoms. The molecule has 1 unspecified atom stereocenters. The monoisotopic (exact) mass is 390 g/mol. The first-order valence-electron chi connectivity index (χ1n) is 8.86. The standard InChI is InChI=1S/C22H18N2O5/c25-21(17-11-5-2-6-12-17)23-20(16-9-3-1-4-10-16)22(26)29-15-18-13-7-8-14-19(18)24(27)28/h1-14,20H,15H2,(H,23,25). The van der Waals surface area contributed by atoms with E-state index in [0.29, 0.717) is 11.1 Å². The van der Waals surface area contributed by atoms with Gasteiger partial charge in [0.15, 0.2) is 6.04 Å². The number of rotatable bonds is 7. The lowest BCUT2D eigenvalue weighted by Gasteiger charge is -2.18. The van der Waals surface area contributed by atoms with E-state index in [-0.39, 0.29) is 17.9 Å². The van der Waals surface area contributed by atoms with Crippen LogP contribution in [0.25, 0.3) is 0 Å². The summed E-state index contributed by atoms with van der Waals surface area (Å²) in [4.78, 5) is 35.9. The molecule has 3 aromatic carbocycles. The predicted octanol–water partition coefficient (Wildman–Crippen LogP) is 3.81. The lowest BCUT2D eigenvalue weighted by molar-refractivity contribution is -0.385. The summed E-state index contributed by atoms with van der Waals surface area (Å²) in [5, 5.41) is 13.8. The van der Waals surface area contributed by atoms with E-state index in [1.165, 1.54) is 18.2 Å². The zero-order chi connectivity index (χ0) is 20.6. The van der Waals surface area contributed by atoms with Crippen molar-refractivity contribution in [1.29, 1.82) is 0 Å². The van der Waals surface area contributed by atoms with Crippen LogP contribution < -0.4 is 5.32 Å². The molecule has 0 aromatic heterocycles. The Balaban J connectivity index is 1.78. The first kappa shape index (κ1) is 19.8. The molecular weight excluding hydrogens is 372 g/mol. The quantitative estimate of drug-likeness (QED) is 0.376. The summed E-state index contributed by atoms with van der Waals surface area (Å²) in [5.74, 6) is -1.14. The number of para-hydroxylation sites is 1. The number of amides is 1. The second-order valence-corrected chi connectivity index (χ2v) is 6.18. The molecule has 0 bridgehead atoms. The van der Waals surface area contributed by atoms with E-state index in [4.69, 9.17) is 4.74 Å². The highest BCUT2D eigenvalue weighted by Crippen LogP contribution is 2.21. The largest absolute Gasteiger partial charge is 0.459 e. The van der Waals surface area contributed by atoms with Crippen LogP contribution in [0.5, 0.6) is 0 Å². The van der Waals surface area contributed by atoms with E-state index >= 15 is 0 Å². The second kappa shape index (κ2) is 9.27. The fraction of sp³-hybridized carbons (Fsp3) is 0.0909. The summed E-state index contributed by atoms with van der Waals surface area (Å²) in [6.45, 7) is -0.277. The van der Waals surface area contributed by atoms with Crippen molar-refractivity contribution in [2.45, 2.75) is 12.6 Å². The molecular formula is C22H18N2O5. The number of nitro benzene ring substituents is 1. The van der Waals surface area contributed by atoms with E-state index in [9.17, 15) is 19.7 Å². The Labute approximate surface area is 167 Å². The maximum absolute atomic E-state index is 12.8. The topological polar surface area (TPSA) is 98.5 Å². The van der Waals surface area contributed by atoms with Crippen LogP contribution in [0.3, 0.4) is 0 Å². The summed E-state index contributed by atoms with van der Waals surface area (Å²) >= 11 is 0. The van der Waals surface area contributed by atoms with Crippen LogP contribution in [0, 0.1) is 10.1 Å². The molecule has 0 heterocycles.